The molecule has 1 aliphatic heterocycles. The predicted octanol–water partition coefficient (Wildman–Crippen LogP) is 2.72. The van der Waals surface area contributed by atoms with Crippen molar-refractivity contribution in [3.8, 4) is 29.1 Å². The molecule has 0 N–H and O–H groups in total. The van der Waals surface area contributed by atoms with Crippen molar-refractivity contribution in [3.63, 3.8) is 0 Å². The van der Waals surface area contributed by atoms with Gasteiger partial charge in [-0.3, -0.25) is 4.79 Å². The number of hydrogen-bond donors (Lipinski definition) is 0. The van der Waals surface area contributed by atoms with Crippen LogP contribution < -0.4 is 18.9 Å². The quantitative estimate of drug-likeness (QED) is 0.747. The number of nitrogens with zero attached hydrogens (tertiary/aromatic N) is 2. The van der Waals surface area contributed by atoms with Crippen molar-refractivity contribution in [1.29, 1.82) is 5.26 Å². The van der Waals surface area contributed by atoms with Gasteiger partial charge in [-0.25, -0.2) is 0 Å². The number of rotatable bonds is 7. The number of amides is 1. The fourth-order valence-corrected chi connectivity index (χ4v) is 2.72. The summed E-state index contributed by atoms with van der Waals surface area (Å²) in [6.45, 7) is 2.99. The van der Waals surface area contributed by atoms with E-state index in [1.807, 2.05) is 31.2 Å². The average molecular weight is 368 g/mol. The number of benzene rings is 2. The predicted molar refractivity (Wildman–Crippen MR) is 96.9 cm³/mol. The summed E-state index contributed by atoms with van der Waals surface area (Å²) in [5.74, 6) is 2.09. The van der Waals surface area contributed by atoms with E-state index in [0.717, 1.165) is 5.56 Å². The molecule has 0 aliphatic carbocycles. The van der Waals surface area contributed by atoms with Crippen LogP contribution in [0.15, 0.2) is 36.4 Å². The first kappa shape index (κ1) is 18.4. The van der Waals surface area contributed by atoms with Gasteiger partial charge in [0.2, 0.25) is 6.79 Å². The largest absolute Gasteiger partial charge is 0.493 e. The van der Waals surface area contributed by atoms with Crippen molar-refractivity contribution in [1.82, 2.24) is 4.90 Å². The van der Waals surface area contributed by atoms with E-state index < -0.39 is 0 Å². The minimum atomic E-state index is -0.151. The maximum Gasteiger partial charge on any atom is 0.260 e. The van der Waals surface area contributed by atoms with Gasteiger partial charge in [0.15, 0.2) is 29.6 Å². The molecular weight excluding hydrogens is 348 g/mol. The first-order valence-corrected chi connectivity index (χ1v) is 8.51. The van der Waals surface area contributed by atoms with Gasteiger partial charge in [0.25, 0.3) is 5.91 Å². The smallest absolute Gasteiger partial charge is 0.260 e. The van der Waals surface area contributed by atoms with E-state index in [1.165, 1.54) is 7.11 Å². The van der Waals surface area contributed by atoms with Gasteiger partial charge in [-0.2, -0.15) is 5.26 Å². The van der Waals surface area contributed by atoms with Crippen molar-refractivity contribution >= 4 is 5.91 Å². The van der Waals surface area contributed by atoms with Crippen LogP contribution >= 0.6 is 0 Å². The maximum absolute atomic E-state index is 12.6. The lowest BCUT2D eigenvalue weighted by molar-refractivity contribution is -0.133. The molecule has 1 aliphatic rings. The van der Waals surface area contributed by atoms with E-state index in [2.05, 4.69) is 0 Å². The van der Waals surface area contributed by atoms with E-state index in [9.17, 15) is 4.79 Å². The normalized spacial score (nSPS) is 11.6. The number of carbonyl (C=O) groups excluding carboxylic acids is 1. The van der Waals surface area contributed by atoms with E-state index in [4.69, 9.17) is 24.2 Å². The highest BCUT2D eigenvalue weighted by molar-refractivity contribution is 5.78. The summed E-state index contributed by atoms with van der Waals surface area (Å²) < 4.78 is 21.5. The summed E-state index contributed by atoms with van der Waals surface area (Å²) in [4.78, 5) is 14.2. The number of nitriles is 1. The standard InChI is InChI=1S/C20H20N2O5/c1-3-22(11-15-5-7-17-19(9-15)27-13-26-17)20(23)12-25-16-6-4-14(10-21)8-18(16)24-2/h4-9H,3,11-13H2,1-2H3. The molecule has 1 heterocycles. The SMILES string of the molecule is CCN(Cc1ccc2c(c1)OCO2)C(=O)COc1ccc(C#N)cc1OC. The second-order valence-corrected chi connectivity index (χ2v) is 5.86. The lowest BCUT2D eigenvalue weighted by Crippen LogP contribution is -2.34. The van der Waals surface area contributed by atoms with Gasteiger partial charge in [0.1, 0.15) is 0 Å². The third-order valence-corrected chi connectivity index (χ3v) is 4.19. The second kappa shape index (κ2) is 8.32. The van der Waals surface area contributed by atoms with Crippen LogP contribution in [-0.2, 0) is 11.3 Å². The highest BCUT2D eigenvalue weighted by Crippen LogP contribution is 2.33. The molecule has 2 aromatic rings. The maximum atomic E-state index is 12.6. The zero-order chi connectivity index (χ0) is 19.2. The third kappa shape index (κ3) is 4.23. The third-order valence-electron chi connectivity index (χ3n) is 4.19. The molecule has 0 spiro atoms. The topological polar surface area (TPSA) is 81.0 Å². The highest BCUT2D eigenvalue weighted by Gasteiger charge is 2.17. The van der Waals surface area contributed by atoms with Crippen molar-refractivity contribution in [2.45, 2.75) is 13.5 Å². The highest BCUT2D eigenvalue weighted by atomic mass is 16.7. The van der Waals surface area contributed by atoms with Crippen LogP contribution in [0.25, 0.3) is 0 Å². The minimum Gasteiger partial charge on any atom is -0.493 e. The van der Waals surface area contributed by atoms with E-state index in [-0.39, 0.29) is 19.3 Å². The van der Waals surface area contributed by atoms with Crippen LogP contribution in [0.1, 0.15) is 18.1 Å². The molecule has 0 saturated heterocycles. The Kier molecular flexibility index (Phi) is 5.67. The molecule has 0 radical (unpaired) electrons. The molecular formula is C20H20N2O5. The van der Waals surface area contributed by atoms with Gasteiger partial charge in [-0.1, -0.05) is 6.07 Å². The fraction of sp³-hybridized carbons (Fsp3) is 0.300. The van der Waals surface area contributed by atoms with Gasteiger partial charge in [0, 0.05) is 19.2 Å². The summed E-state index contributed by atoms with van der Waals surface area (Å²) in [5, 5.41) is 8.95. The molecule has 0 unspecified atom stereocenters. The van der Waals surface area contributed by atoms with Gasteiger partial charge >= 0.3 is 0 Å². The molecule has 27 heavy (non-hydrogen) atoms. The van der Waals surface area contributed by atoms with E-state index in [0.29, 0.717) is 41.7 Å². The molecule has 7 nitrogen and oxygen atoms in total. The van der Waals surface area contributed by atoms with Crippen molar-refractivity contribution in [2.24, 2.45) is 0 Å². The Hall–Kier alpha value is -3.40. The molecule has 0 saturated carbocycles. The minimum absolute atomic E-state index is 0.124. The summed E-state index contributed by atoms with van der Waals surface area (Å²) in [7, 11) is 1.49. The number of hydrogen-bond acceptors (Lipinski definition) is 6. The Morgan fingerprint density at radius 2 is 2.00 bits per heavy atom. The molecule has 0 bridgehead atoms. The van der Waals surface area contributed by atoms with Crippen LogP contribution in [0.2, 0.25) is 0 Å². The first-order chi connectivity index (χ1) is 13.1. The lowest BCUT2D eigenvalue weighted by Gasteiger charge is -2.21. The van der Waals surface area contributed by atoms with Crippen LogP contribution in [0.4, 0.5) is 0 Å². The number of methoxy groups -OCH3 is 1. The van der Waals surface area contributed by atoms with Crippen molar-refractivity contribution < 1.29 is 23.7 Å². The van der Waals surface area contributed by atoms with Gasteiger partial charge in [-0.15, -0.1) is 0 Å². The molecule has 2 aromatic carbocycles. The fourth-order valence-electron chi connectivity index (χ4n) is 2.72. The van der Waals surface area contributed by atoms with Gasteiger partial charge in [-0.05, 0) is 36.8 Å². The van der Waals surface area contributed by atoms with Crippen LogP contribution in [-0.4, -0.2) is 37.9 Å². The first-order valence-electron chi connectivity index (χ1n) is 8.51. The molecule has 0 atom stereocenters. The molecule has 0 aromatic heterocycles. The van der Waals surface area contributed by atoms with Crippen molar-refractivity contribution in [2.75, 3.05) is 27.1 Å². The van der Waals surface area contributed by atoms with E-state index in [1.54, 1.807) is 23.1 Å². The van der Waals surface area contributed by atoms with Crippen LogP contribution in [0.3, 0.4) is 0 Å². The van der Waals surface area contributed by atoms with Crippen LogP contribution in [0, 0.1) is 11.3 Å². The van der Waals surface area contributed by atoms with E-state index >= 15 is 0 Å². The average Bonchev–Trinajstić information content (AvgIpc) is 3.17. The molecule has 3 rings (SSSR count). The zero-order valence-corrected chi connectivity index (χ0v) is 15.2. The Balaban J connectivity index is 1.63. The summed E-state index contributed by atoms with van der Waals surface area (Å²) >= 11 is 0. The number of carbonyl (C=O) groups is 1. The summed E-state index contributed by atoms with van der Waals surface area (Å²) in [6.07, 6.45) is 0. The summed E-state index contributed by atoms with van der Waals surface area (Å²) in [5.41, 5.74) is 1.41. The second-order valence-electron chi connectivity index (χ2n) is 5.86. The Morgan fingerprint density at radius 1 is 1.19 bits per heavy atom. The number of ether oxygens (including phenoxy) is 4. The monoisotopic (exact) mass is 368 g/mol. The Morgan fingerprint density at radius 3 is 2.74 bits per heavy atom. The Labute approximate surface area is 157 Å². The van der Waals surface area contributed by atoms with Gasteiger partial charge < -0.3 is 23.8 Å². The number of fused-ring (bicyclic) bond motifs is 1. The molecule has 1 amide bonds. The van der Waals surface area contributed by atoms with Crippen LogP contribution in [0.5, 0.6) is 23.0 Å². The molecule has 7 heteroatoms. The van der Waals surface area contributed by atoms with Gasteiger partial charge in [0.05, 0.1) is 18.7 Å². The summed E-state index contributed by atoms with van der Waals surface area (Å²) in [6, 6.07) is 12.5. The lowest BCUT2D eigenvalue weighted by atomic mass is 10.2. The molecule has 140 valence electrons. The molecule has 0 fully saturated rings. The van der Waals surface area contributed by atoms with Crippen molar-refractivity contribution in [3.05, 3.63) is 47.5 Å². The Bertz CT molecular complexity index is 875. The zero-order valence-electron chi connectivity index (χ0n) is 15.2. The number of likely N-dealkylation sites (N-methyl/N-ethyl adjacent to an activating group) is 1.